The molecule has 0 bridgehead atoms. The van der Waals surface area contributed by atoms with Crippen molar-refractivity contribution in [2.24, 2.45) is 5.92 Å². The first kappa shape index (κ1) is 31.0. The second-order valence-corrected chi connectivity index (χ2v) is 11.3. The molecule has 0 saturated carbocycles. The molecule has 2 aliphatic rings. The van der Waals surface area contributed by atoms with Gasteiger partial charge in [0.1, 0.15) is 5.75 Å². The van der Waals surface area contributed by atoms with Crippen molar-refractivity contribution in [3.05, 3.63) is 102 Å². The third-order valence-corrected chi connectivity index (χ3v) is 8.45. The lowest BCUT2D eigenvalue weighted by Gasteiger charge is -2.28. The molecular formula is C35H39N3O6. The van der Waals surface area contributed by atoms with Crippen LogP contribution in [0.25, 0.3) is 0 Å². The predicted molar refractivity (Wildman–Crippen MR) is 168 cm³/mol. The second kappa shape index (κ2) is 13.4. The van der Waals surface area contributed by atoms with Gasteiger partial charge in [0.05, 0.1) is 25.9 Å². The van der Waals surface area contributed by atoms with Crippen LogP contribution in [0.3, 0.4) is 0 Å². The Hall–Kier alpha value is -4.47. The number of amides is 3. The summed E-state index contributed by atoms with van der Waals surface area (Å²) >= 11 is 0. The van der Waals surface area contributed by atoms with Crippen LogP contribution in [0.5, 0.6) is 5.75 Å². The molecule has 3 aromatic carbocycles. The molecule has 0 spiro atoms. The van der Waals surface area contributed by atoms with E-state index in [1.165, 1.54) is 7.11 Å². The number of ether oxygens (including phenoxy) is 1. The number of benzene rings is 3. The monoisotopic (exact) mass is 597 g/mol. The van der Waals surface area contributed by atoms with Crippen molar-refractivity contribution >= 4 is 29.1 Å². The largest absolute Gasteiger partial charge is 0.497 e. The Bertz CT molecular complexity index is 1520. The molecule has 0 aromatic heterocycles. The van der Waals surface area contributed by atoms with E-state index in [1.807, 2.05) is 54.6 Å². The normalized spacial score (nSPS) is 18.6. The van der Waals surface area contributed by atoms with E-state index in [0.29, 0.717) is 36.5 Å². The summed E-state index contributed by atoms with van der Waals surface area (Å²) in [6, 6.07) is 22.4. The number of hydrogen-bond acceptors (Lipinski definition) is 6. The van der Waals surface area contributed by atoms with Crippen LogP contribution in [0, 0.1) is 5.92 Å². The van der Waals surface area contributed by atoms with E-state index in [4.69, 9.17) is 4.74 Å². The summed E-state index contributed by atoms with van der Waals surface area (Å²) in [6.07, 6.45) is 4.83. The lowest BCUT2D eigenvalue weighted by molar-refractivity contribution is -0.139. The molecule has 2 N–H and O–H groups in total. The highest BCUT2D eigenvalue weighted by Crippen LogP contribution is 2.47. The highest BCUT2D eigenvalue weighted by atomic mass is 16.5. The minimum atomic E-state index is -1.87. The second-order valence-electron chi connectivity index (χ2n) is 11.3. The number of anilines is 2. The van der Waals surface area contributed by atoms with Crippen molar-refractivity contribution in [2.75, 3.05) is 36.6 Å². The SMILES string of the molecule is COc1ccc2c(c1)[C@@](O)([C@H](C)/C=C/CC(=O)N(CCO)Cc1ccccc1)C(=O)N2Cc1ccc(N2CCCC2=O)cc1. The Balaban J connectivity index is 1.33. The number of aliphatic hydroxyl groups excluding tert-OH is 1. The maximum absolute atomic E-state index is 14.0. The zero-order chi connectivity index (χ0) is 31.3. The molecule has 2 heterocycles. The topological polar surface area (TPSA) is 111 Å². The molecule has 0 unspecified atom stereocenters. The molecule has 9 nitrogen and oxygen atoms in total. The third kappa shape index (κ3) is 6.25. The van der Waals surface area contributed by atoms with Gasteiger partial charge >= 0.3 is 0 Å². The molecule has 1 saturated heterocycles. The molecular weight excluding hydrogens is 558 g/mol. The van der Waals surface area contributed by atoms with E-state index in [0.717, 1.165) is 23.2 Å². The smallest absolute Gasteiger partial charge is 0.264 e. The maximum Gasteiger partial charge on any atom is 0.264 e. The molecule has 1 fully saturated rings. The fourth-order valence-corrected chi connectivity index (χ4v) is 5.95. The Morgan fingerprint density at radius 1 is 1.07 bits per heavy atom. The minimum absolute atomic E-state index is 0.0575. The minimum Gasteiger partial charge on any atom is -0.497 e. The summed E-state index contributed by atoms with van der Waals surface area (Å²) in [5.41, 5.74) is 1.81. The van der Waals surface area contributed by atoms with Crippen LogP contribution in [0.4, 0.5) is 11.4 Å². The number of rotatable bonds is 12. The summed E-state index contributed by atoms with van der Waals surface area (Å²) in [7, 11) is 1.53. The van der Waals surface area contributed by atoms with Crippen LogP contribution >= 0.6 is 0 Å². The van der Waals surface area contributed by atoms with Gasteiger partial charge in [0.15, 0.2) is 5.60 Å². The number of carbonyl (C=O) groups is 3. The lowest BCUT2D eigenvalue weighted by Crippen LogP contribution is -2.44. The fourth-order valence-electron chi connectivity index (χ4n) is 5.95. The molecule has 2 aliphatic heterocycles. The number of hydrogen-bond donors (Lipinski definition) is 2. The quantitative estimate of drug-likeness (QED) is 0.304. The molecule has 3 aromatic rings. The molecule has 230 valence electrons. The van der Waals surface area contributed by atoms with Crippen LogP contribution in [0.1, 0.15) is 42.9 Å². The first-order chi connectivity index (χ1) is 21.3. The Kier molecular flexibility index (Phi) is 9.46. The molecule has 5 rings (SSSR count). The van der Waals surface area contributed by atoms with Crippen LogP contribution in [0.2, 0.25) is 0 Å². The highest BCUT2D eigenvalue weighted by molar-refractivity contribution is 6.07. The molecule has 2 atom stereocenters. The Labute approximate surface area is 258 Å². The van der Waals surface area contributed by atoms with Gasteiger partial charge in [0.2, 0.25) is 11.8 Å². The number of aliphatic hydroxyl groups is 2. The van der Waals surface area contributed by atoms with E-state index < -0.39 is 17.4 Å². The van der Waals surface area contributed by atoms with Gasteiger partial charge < -0.3 is 29.6 Å². The molecule has 44 heavy (non-hydrogen) atoms. The van der Waals surface area contributed by atoms with Gasteiger partial charge in [-0.2, -0.15) is 0 Å². The van der Waals surface area contributed by atoms with E-state index in [2.05, 4.69) is 0 Å². The Morgan fingerprint density at radius 2 is 1.82 bits per heavy atom. The zero-order valence-corrected chi connectivity index (χ0v) is 25.2. The fraction of sp³-hybridized carbons (Fsp3) is 0.343. The van der Waals surface area contributed by atoms with Gasteiger partial charge in [-0.15, -0.1) is 0 Å². The van der Waals surface area contributed by atoms with Crippen molar-refractivity contribution in [2.45, 2.75) is 44.9 Å². The number of carbonyl (C=O) groups excluding carboxylic acids is 3. The zero-order valence-electron chi connectivity index (χ0n) is 25.2. The average Bonchev–Trinajstić information content (AvgIpc) is 3.56. The van der Waals surface area contributed by atoms with E-state index in [-0.39, 0.29) is 37.9 Å². The standard InChI is InChI=1S/C35H39N3O6/c1-25(8-6-11-32(40)36(20-21-39)23-26-9-4-3-5-10-26)35(43)30-22-29(44-2)17-18-31(30)38(34(35)42)24-27-13-15-28(16-14-27)37-19-7-12-33(37)41/h3-6,8-10,13-18,22,25,39,43H,7,11-12,19-21,23-24H2,1-2H3/b8-6+/t25-,35+/m1/s1. The van der Waals surface area contributed by atoms with Gasteiger partial charge in [-0.3, -0.25) is 14.4 Å². The van der Waals surface area contributed by atoms with Crippen molar-refractivity contribution in [3.8, 4) is 5.75 Å². The van der Waals surface area contributed by atoms with Crippen LogP contribution < -0.4 is 14.5 Å². The highest BCUT2D eigenvalue weighted by Gasteiger charge is 2.52. The van der Waals surface area contributed by atoms with E-state index >= 15 is 0 Å². The van der Waals surface area contributed by atoms with Gasteiger partial charge in [-0.05, 0) is 47.9 Å². The van der Waals surface area contributed by atoms with Gasteiger partial charge in [-0.1, -0.05) is 61.5 Å². The molecule has 3 amide bonds. The molecule has 0 aliphatic carbocycles. The number of nitrogens with zero attached hydrogens (tertiary/aromatic N) is 3. The van der Waals surface area contributed by atoms with Crippen molar-refractivity contribution in [1.82, 2.24) is 4.90 Å². The van der Waals surface area contributed by atoms with Crippen molar-refractivity contribution in [1.29, 1.82) is 0 Å². The first-order valence-electron chi connectivity index (χ1n) is 15.0. The lowest BCUT2D eigenvalue weighted by atomic mass is 9.83. The van der Waals surface area contributed by atoms with Gasteiger partial charge in [0.25, 0.3) is 5.91 Å². The molecule has 0 radical (unpaired) electrons. The van der Waals surface area contributed by atoms with Crippen LogP contribution in [-0.2, 0) is 33.1 Å². The Morgan fingerprint density at radius 3 is 2.48 bits per heavy atom. The maximum atomic E-state index is 14.0. The van der Waals surface area contributed by atoms with E-state index in [1.54, 1.807) is 52.0 Å². The summed E-state index contributed by atoms with van der Waals surface area (Å²) < 4.78 is 5.42. The number of methoxy groups -OCH3 is 1. The van der Waals surface area contributed by atoms with Gasteiger partial charge in [-0.25, -0.2) is 0 Å². The third-order valence-electron chi connectivity index (χ3n) is 8.45. The average molecular weight is 598 g/mol. The van der Waals surface area contributed by atoms with Crippen LogP contribution in [0.15, 0.2) is 84.9 Å². The van der Waals surface area contributed by atoms with Crippen LogP contribution in [-0.4, -0.2) is 59.6 Å². The summed E-state index contributed by atoms with van der Waals surface area (Å²) in [4.78, 5) is 44.1. The van der Waals surface area contributed by atoms with Crippen molar-refractivity contribution < 1.29 is 29.3 Å². The van der Waals surface area contributed by atoms with E-state index in [9.17, 15) is 24.6 Å². The summed E-state index contributed by atoms with van der Waals surface area (Å²) in [5.74, 6) is -0.666. The van der Waals surface area contributed by atoms with Gasteiger partial charge in [0, 0.05) is 49.6 Å². The first-order valence-corrected chi connectivity index (χ1v) is 15.0. The predicted octanol–water partition coefficient (Wildman–Crippen LogP) is 4.16. The molecule has 9 heteroatoms. The van der Waals surface area contributed by atoms with Crippen molar-refractivity contribution in [3.63, 3.8) is 0 Å². The summed E-state index contributed by atoms with van der Waals surface area (Å²) in [5, 5.41) is 21.6. The number of fused-ring (bicyclic) bond motifs is 1. The summed E-state index contributed by atoms with van der Waals surface area (Å²) in [6.45, 7) is 3.12.